The second-order valence-corrected chi connectivity index (χ2v) is 7.47. The van der Waals surface area contributed by atoms with Gasteiger partial charge < -0.3 is 14.5 Å². The number of amides is 1. The zero-order valence-corrected chi connectivity index (χ0v) is 16.3. The van der Waals surface area contributed by atoms with Gasteiger partial charge in [-0.25, -0.2) is 9.59 Å². The largest absolute Gasteiger partial charge is 0.462 e. The quantitative estimate of drug-likeness (QED) is 0.604. The molecular formula is C17H17N3O5S2. The summed E-state index contributed by atoms with van der Waals surface area (Å²) in [6.07, 6.45) is 0.722. The molecule has 0 radical (unpaired) electrons. The van der Waals surface area contributed by atoms with Crippen LogP contribution in [0, 0.1) is 0 Å². The summed E-state index contributed by atoms with van der Waals surface area (Å²) in [6, 6.07) is 5.28. The van der Waals surface area contributed by atoms with Crippen molar-refractivity contribution in [3.8, 4) is 10.8 Å². The Labute approximate surface area is 162 Å². The van der Waals surface area contributed by atoms with Crippen LogP contribution in [0.5, 0.6) is 0 Å². The predicted octanol–water partition coefficient (Wildman–Crippen LogP) is 3.00. The average molecular weight is 407 g/mol. The number of thiophene rings is 2. The van der Waals surface area contributed by atoms with E-state index in [1.807, 2.05) is 18.4 Å². The van der Waals surface area contributed by atoms with Crippen LogP contribution in [-0.4, -0.2) is 28.3 Å². The van der Waals surface area contributed by atoms with Gasteiger partial charge in [0, 0.05) is 4.88 Å². The number of ether oxygens (including phenoxy) is 1. The van der Waals surface area contributed by atoms with Crippen molar-refractivity contribution in [1.82, 2.24) is 9.78 Å². The summed E-state index contributed by atoms with van der Waals surface area (Å²) in [7, 11) is 0. The van der Waals surface area contributed by atoms with Crippen molar-refractivity contribution in [3.63, 3.8) is 0 Å². The Morgan fingerprint density at radius 2 is 2.19 bits per heavy atom. The summed E-state index contributed by atoms with van der Waals surface area (Å²) in [5, 5.41) is 8.93. The van der Waals surface area contributed by atoms with Gasteiger partial charge in [-0.3, -0.25) is 4.79 Å². The topological polar surface area (TPSA) is 103 Å². The van der Waals surface area contributed by atoms with Gasteiger partial charge >= 0.3 is 11.7 Å². The summed E-state index contributed by atoms with van der Waals surface area (Å²) in [4.78, 5) is 38.0. The van der Waals surface area contributed by atoms with E-state index in [0.29, 0.717) is 15.4 Å². The minimum atomic E-state index is -0.723. The molecule has 0 aliphatic rings. The first-order chi connectivity index (χ1) is 13.0. The van der Waals surface area contributed by atoms with Crippen LogP contribution in [0.1, 0.15) is 29.1 Å². The highest BCUT2D eigenvalue weighted by Crippen LogP contribution is 2.29. The molecule has 0 unspecified atom stereocenters. The van der Waals surface area contributed by atoms with Gasteiger partial charge in [-0.05, 0) is 30.9 Å². The fourth-order valence-electron chi connectivity index (χ4n) is 2.28. The third-order valence-corrected chi connectivity index (χ3v) is 5.56. The lowest BCUT2D eigenvalue weighted by molar-refractivity contribution is -0.117. The Bertz CT molecular complexity index is 1000. The van der Waals surface area contributed by atoms with Crippen LogP contribution in [-0.2, 0) is 22.5 Å². The molecule has 142 valence electrons. The van der Waals surface area contributed by atoms with Crippen molar-refractivity contribution in [1.29, 1.82) is 0 Å². The zero-order chi connectivity index (χ0) is 19.4. The summed E-state index contributed by atoms with van der Waals surface area (Å²) in [6.45, 7) is 3.58. The van der Waals surface area contributed by atoms with Gasteiger partial charge in [-0.1, -0.05) is 13.0 Å². The number of nitrogens with one attached hydrogen (secondary N) is 1. The van der Waals surface area contributed by atoms with Gasteiger partial charge in [0.05, 0.1) is 17.0 Å². The minimum absolute atomic E-state index is 0.166. The molecule has 1 N–H and O–H groups in total. The first kappa shape index (κ1) is 19.1. The molecule has 0 spiro atoms. The van der Waals surface area contributed by atoms with Gasteiger partial charge in [0.1, 0.15) is 11.5 Å². The van der Waals surface area contributed by atoms with E-state index in [1.165, 1.54) is 22.7 Å². The number of nitrogens with zero attached hydrogens (tertiary/aromatic N) is 2. The smallest absolute Gasteiger partial charge is 0.437 e. The number of aromatic nitrogens is 2. The monoisotopic (exact) mass is 407 g/mol. The van der Waals surface area contributed by atoms with Crippen LogP contribution in [0.3, 0.4) is 0 Å². The maximum atomic E-state index is 12.4. The Kier molecular flexibility index (Phi) is 5.87. The molecule has 27 heavy (non-hydrogen) atoms. The number of hydrogen-bond acceptors (Lipinski definition) is 8. The van der Waals surface area contributed by atoms with Gasteiger partial charge in [-0.15, -0.1) is 27.8 Å². The third-order valence-electron chi connectivity index (χ3n) is 3.51. The second kappa shape index (κ2) is 8.31. The normalized spacial score (nSPS) is 10.7. The Balaban J connectivity index is 1.76. The van der Waals surface area contributed by atoms with Crippen molar-refractivity contribution in [2.75, 3.05) is 11.9 Å². The number of anilines is 1. The van der Waals surface area contributed by atoms with E-state index >= 15 is 0 Å². The van der Waals surface area contributed by atoms with E-state index in [4.69, 9.17) is 9.15 Å². The van der Waals surface area contributed by atoms with Crippen LogP contribution >= 0.6 is 22.7 Å². The molecule has 3 rings (SSSR count). The molecule has 0 bridgehead atoms. The molecule has 0 saturated carbocycles. The molecule has 0 fully saturated rings. The van der Waals surface area contributed by atoms with Crippen molar-refractivity contribution in [2.24, 2.45) is 0 Å². The van der Waals surface area contributed by atoms with E-state index < -0.39 is 17.6 Å². The van der Waals surface area contributed by atoms with Gasteiger partial charge in [-0.2, -0.15) is 4.68 Å². The van der Waals surface area contributed by atoms with Gasteiger partial charge in [0.15, 0.2) is 0 Å². The predicted molar refractivity (Wildman–Crippen MR) is 102 cm³/mol. The maximum Gasteiger partial charge on any atom is 0.437 e. The van der Waals surface area contributed by atoms with Crippen molar-refractivity contribution in [2.45, 2.75) is 26.8 Å². The minimum Gasteiger partial charge on any atom is -0.462 e. The van der Waals surface area contributed by atoms with E-state index in [2.05, 4.69) is 10.4 Å². The number of rotatable bonds is 7. The Morgan fingerprint density at radius 3 is 2.85 bits per heavy atom. The lowest BCUT2D eigenvalue weighted by Crippen LogP contribution is -2.26. The lowest BCUT2D eigenvalue weighted by Gasteiger charge is -2.05. The molecule has 3 aromatic rings. The van der Waals surface area contributed by atoms with Crippen molar-refractivity contribution >= 4 is 39.6 Å². The molecule has 1 amide bonds. The highest BCUT2D eigenvalue weighted by atomic mass is 32.1. The molecule has 0 aromatic carbocycles. The highest BCUT2D eigenvalue weighted by Gasteiger charge is 2.20. The number of esters is 1. The third kappa shape index (κ3) is 4.34. The average Bonchev–Trinajstić information content (AvgIpc) is 3.36. The van der Waals surface area contributed by atoms with Crippen LogP contribution in [0.25, 0.3) is 10.8 Å². The summed E-state index contributed by atoms with van der Waals surface area (Å²) in [5.74, 6) is -1.54. The fraction of sp³-hybridized carbons (Fsp3) is 0.294. The number of carbonyl (C=O) groups is 2. The molecule has 10 heteroatoms. The maximum absolute atomic E-state index is 12.4. The molecular weight excluding hydrogens is 390 g/mol. The number of hydrogen-bond donors (Lipinski definition) is 1. The van der Waals surface area contributed by atoms with Crippen LogP contribution in [0.15, 0.2) is 32.8 Å². The standard InChI is InChI=1S/C17H17N3O5S2/c1-3-10-8-11(16(22)24-4-2)15(27-10)18-13(21)9-20-17(23)25-14(19-20)12-6-5-7-26-12/h5-8H,3-4,9H2,1-2H3,(H,18,21). The fourth-order valence-corrected chi connectivity index (χ4v) is 3.92. The molecule has 0 atom stereocenters. The number of aryl methyl sites for hydroxylation is 1. The van der Waals surface area contributed by atoms with Crippen molar-refractivity contribution in [3.05, 3.63) is 44.6 Å². The zero-order valence-electron chi connectivity index (χ0n) is 14.7. The summed E-state index contributed by atoms with van der Waals surface area (Å²) < 4.78 is 11.1. The summed E-state index contributed by atoms with van der Waals surface area (Å²) >= 11 is 2.67. The van der Waals surface area contributed by atoms with Crippen LogP contribution in [0.2, 0.25) is 0 Å². The van der Waals surface area contributed by atoms with Crippen LogP contribution < -0.4 is 11.1 Å². The van der Waals surface area contributed by atoms with Gasteiger partial charge in [0.25, 0.3) is 5.89 Å². The Morgan fingerprint density at radius 1 is 1.37 bits per heavy atom. The van der Waals surface area contributed by atoms with Crippen molar-refractivity contribution < 1.29 is 18.7 Å². The first-order valence-corrected chi connectivity index (χ1v) is 9.93. The van der Waals surface area contributed by atoms with E-state index in [-0.39, 0.29) is 19.0 Å². The number of carbonyl (C=O) groups excluding carboxylic acids is 2. The Hall–Kier alpha value is -2.72. The molecule has 0 aliphatic carbocycles. The molecule has 8 nitrogen and oxygen atoms in total. The lowest BCUT2D eigenvalue weighted by atomic mass is 10.2. The molecule has 3 heterocycles. The van der Waals surface area contributed by atoms with E-state index in [0.717, 1.165) is 16.0 Å². The molecule has 3 aromatic heterocycles. The van der Waals surface area contributed by atoms with Crippen LogP contribution in [0.4, 0.5) is 5.00 Å². The first-order valence-electron chi connectivity index (χ1n) is 8.23. The van der Waals surface area contributed by atoms with Gasteiger partial charge in [0.2, 0.25) is 5.91 Å². The second-order valence-electron chi connectivity index (χ2n) is 5.39. The van der Waals surface area contributed by atoms with E-state index in [1.54, 1.807) is 19.1 Å². The molecule has 0 aliphatic heterocycles. The highest BCUT2D eigenvalue weighted by molar-refractivity contribution is 7.16. The van der Waals surface area contributed by atoms with E-state index in [9.17, 15) is 14.4 Å². The molecule has 0 saturated heterocycles. The summed E-state index contributed by atoms with van der Waals surface area (Å²) in [5.41, 5.74) is 0.304. The SMILES string of the molecule is CCOC(=O)c1cc(CC)sc1NC(=O)Cn1nc(-c2cccs2)oc1=O.